The maximum atomic E-state index is 7.25. The van der Waals surface area contributed by atoms with E-state index in [4.69, 9.17) is 34.7 Å². The Kier molecular flexibility index (Phi) is 5.42. The monoisotopic (exact) mass is 425 g/mol. The molecule has 4 rings (SSSR count). The van der Waals surface area contributed by atoms with Gasteiger partial charge in [0.2, 0.25) is 0 Å². The van der Waals surface area contributed by atoms with E-state index in [9.17, 15) is 0 Å². The Morgan fingerprint density at radius 2 is 1.38 bits per heavy atom. The number of aromatic nitrogens is 2. The second-order valence-electron chi connectivity index (χ2n) is 6.99. The standard InChI is InChI=1S/C22H21Cl2N5/c1-27-21(12-25)22(26,17-6-8-28-19-10-13(23)2-4-15(17)19)18-7-9-29-20-11-14(24)3-5-16(18)20/h2-11,21,27H,12,25-26H2,1H3. The molecule has 7 heteroatoms. The fourth-order valence-electron chi connectivity index (χ4n) is 4.02. The highest BCUT2D eigenvalue weighted by atomic mass is 35.5. The summed E-state index contributed by atoms with van der Waals surface area (Å²) in [4.78, 5) is 8.95. The van der Waals surface area contributed by atoms with Crippen molar-refractivity contribution >= 4 is 45.0 Å². The van der Waals surface area contributed by atoms with Crippen molar-refractivity contribution in [3.05, 3.63) is 82.1 Å². The van der Waals surface area contributed by atoms with Crippen LogP contribution in [0.15, 0.2) is 60.9 Å². The number of nitrogens with one attached hydrogen (secondary N) is 1. The van der Waals surface area contributed by atoms with Gasteiger partial charge in [0.15, 0.2) is 0 Å². The van der Waals surface area contributed by atoms with Gasteiger partial charge < -0.3 is 16.8 Å². The number of likely N-dealkylation sites (N-methyl/N-ethyl adjacent to an activating group) is 1. The smallest absolute Gasteiger partial charge is 0.0847 e. The van der Waals surface area contributed by atoms with Gasteiger partial charge in [-0.25, -0.2) is 0 Å². The Morgan fingerprint density at radius 3 is 1.79 bits per heavy atom. The van der Waals surface area contributed by atoms with Crippen molar-refractivity contribution in [3.8, 4) is 0 Å². The molecular weight excluding hydrogens is 405 g/mol. The first-order valence-electron chi connectivity index (χ1n) is 9.24. The summed E-state index contributed by atoms with van der Waals surface area (Å²) in [6.45, 7) is 0.335. The quantitative estimate of drug-likeness (QED) is 0.451. The van der Waals surface area contributed by atoms with Gasteiger partial charge in [0.1, 0.15) is 0 Å². The third-order valence-electron chi connectivity index (χ3n) is 5.43. The fourth-order valence-corrected chi connectivity index (χ4v) is 4.35. The molecule has 0 saturated heterocycles. The first-order chi connectivity index (χ1) is 14.0. The van der Waals surface area contributed by atoms with E-state index < -0.39 is 5.54 Å². The van der Waals surface area contributed by atoms with E-state index in [-0.39, 0.29) is 6.04 Å². The number of benzene rings is 2. The second kappa shape index (κ2) is 7.86. The van der Waals surface area contributed by atoms with Crippen LogP contribution in [0.5, 0.6) is 0 Å². The minimum Gasteiger partial charge on any atom is -0.329 e. The molecule has 2 aromatic carbocycles. The molecule has 0 aliphatic carbocycles. The Labute approximate surface area is 179 Å². The number of nitrogens with two attached hydrogens (primary N) is 2. The first-order valence-corrected chi connectivity index (χ1v) is 10.0. The lowest BCUT2D eigenvalue weighted by Crippen LogP contribution is -2.58. The number of nitrogens with zero attached hydrogens (tertiary/aromatic N) is 2. The highest BCUT2D eigenvalue weighted by Gasteiger charge is 2.39. The molecule has 0 radical (unpaired) electrons. The molecule has 4 aromatic rings. The lowest BCUT2D eigenvalue weighted by Gasteiger charge is -2.39. The molecule has 29 heavy (non-hydrogen) atoms. The summed E-state index contributed by atoms with van der Waals surface area (Å²) < 4.78 is 0. The topological polar surface area (TPSA) is 89.8 Å². The molecule has 5 nitrogen and oxygen atoms in total. The number of halogens is 2. The van der Waals surface area contributed by atoms with E-state index in [2.05, 4.69) is 15.3 Å². The minimum absolute atomic E-state index is 0.245. The highest BCUT2D eigenvalue weighted by molar-refractivity contribution is 6.31. The van der Waals surface area contributed by atoms with Crippen LogP contribution in [0.1, 0.15) is 11.1 Å². The van der Waals surface area contributed by atoms with Gasteiger partial charge in [-0.15, -0.1) is 0 Å². The van der Waals surface area contributed by atoms with Crippen LogP contribution in [0.2, 0.25) is 10.0 Å². The third-order valence-corrected chi connectivity index (χ3v) is 5.90. The van der Waals surface area contributed by atoms with Gasteiger partial charge in [0, 0.05) is 45.8 Å². The zero-order chi connectivity index (χ0) is 20.6. The van der Waals surface area contributed by atoms with Crippen molar-refractivity contribution < 1.29 is 0 Å². The van der Waals surface area contributed by atoms with E-state index in [0.29, 0.717) is 16.6 Å². The lowest BCUT2D eigenvalue weighted by molar-refractivity contribution is 0.380. The van der Waals surface area contributed by atoms with E-state index in [1.807, 2.05) is 55.6 Å². The summed E-state index contributed by atoms with van der Waals surface area (Å²) >= 11 is 12.4. The van der Waals surface area contributed by atoms with E-state index in [1.54, 1.807) is 12.4 Å². The van der Waals surface area contributed by atoms with E-state index in [1.165, 1.54) is 0 Å². The number of fused-ring (bicyclic) bond motifs is 2. The molecule has 1 unspecified atom stereocenters. The molecule has 0 bridgehead atoms. The van der Waals surface area contributed by atoms with Crippen molar-refractivity contribution in [3.63, 3.8) is 0 Å². The molecule has 0 spiro atoms. The molecule has 0 saturated carbocycles. The van der Waals surface area contributed by atoms with Crippen LogP contribution < -0.4 is 16.8 Å². The molecule has 0 aliphatic heterocycles. The predicted molar refractivity (Wildman–Crippen MR) is 120 cm³/mol. The van der Waals surface area contributed by atoms with Crippen LogP contribution in [-0.4, -0.2) is 29.6 Å². The second-order valence-corrected chi connectivity index (χ2v) is 7.86. The van der Waals surface area contributed by atoms with Gasteiger partial charge in [-0.2, -0.15) is 0 Å². The number of rotatable bonds is 5. The van der Waals surface area contributed by atoms with Gasteiger partial charge in [-0.3, -0.25) is 9.97 Å². The van der Waals surface area contributed by atoms with Crippen LogP contribution >= 0.6 is 23.2 Å². The Balaban J connectivity index is 2.09. The largest absolute Gasteiger partial charge is 0.329 e. The van der Waals surface area contributed by atoms with Gasteiger partial charge in [0.25, 0.3) is 0 Å². The summed E-state index contributed by atoms with van der Waals surface area (Å²) in [7, 11) is 1.86. The lowest BCUT2D eigenvalue weighted by atomic mass is 9.75. The molecule has 0 aliphatic rings. The Morgan fingerprint density at radius 1 is 0.897 bits per heavy atom. The molecule has 2 heterocycles. The average Bonchev–Trinajstić information content (AvgIpc) is 2.73. The number of pyridine rings is 2. The van der Waals surface area contributed by atoms with E-state index in [0.717, 1.165) is 32.9 Å². The maximum Gasteiger partial charge on any atom is 0.0847 e. The molecule has 148 valence electrons. The summed E-state index contributed by atoms with van der Waals surface area (Å²) in [5, 5.41) is 6.39. The third kappa shape index (κ3) is 3.35. The van der Waals surface area contributed by atoms with Crippen LogP contribution in [-0.2, 0) is 5.54 Å². The van der Waals surface area contributed by atoms with Crippen LogP contribution in [0, 0.1) is 0 Å². The SMILES string of the molecule is CNC(CN)C(N)(c1ccnc2cc(Cl)ccc12)c1ccnc2cc(Cl)ccc12. The van der Waals surface area contributed by atoms with Gasteiger partial charge >= 0.3 is 0 Å². The summed E-state index contributed by atoms with van der Waals surface area (Å²) in [6, 6.07) is 14.9. The Hall–Kier alpha value is -2.28. The van der Waals surface area contributed by atoms with Crippen LogP contribution in [0.25, 0.3) is 21.8 Å². The summed E-state index contributed by atoms with van der Waals surface area (Å²) in [6.07, 6.45) is 3.50. The number of hydrogen-bond donors (Lipinski definition) is 3. The fraction of sp³-hybridized carbons (Fsp3) is 0.182. The first kappa shape index (κ1) is 20.0. The zero-order valence-electron chi connectivity index (χ0n) is 15.9. The van der Waals surface area contributed by atoms with Crippen molar-refractivity contribution in [1.29, 1.82) is 0 Å². The predicted octanol–water partition coefficient (Wildman–Crippen LogP) is 3.84. The molecule has 5 N–H and O–H groups in total. The van der Waals surface area contributed by atoms with Crippen molar-refractivity contribution in [2.45, 2.75) is 11.6 Å². The summed E-state index contributed by atoms with van der Waals surface area (Å²) in [5.41, 5.74) is 15.8. The molecule has 0 amide bonds. The summed E-state index contributed by atoms with van der Waals surface area (Å²) in [5.74, 6) is 0. The van der Waals surface area contributed by atoms with E-state index >= 15 is 0 Å². The zero-order valence-corrected chi connectivity index (χ0v) is 17.4. The molecule has 1 atom stereocenters. The van der Waals surface area contributed by atoms with Crippen molar-refractivity contribution in [1.82, 2.24) is 15.3 Å². The molecule has 2 aromatic heterocycles. The normalized spacial score (nSPS) is 13.1. The number of hydrogen-bond acceptors (Lipinski definition) is 5. The molecule has 0 fully saturated rings. The van der Waals surface area contributed by atoms with Crippen molar-refractivity contribution in [2.75, 3.05) is 13.6 Å². The average molecular weight is 426 g/mol. The minimum atomic E-state index is -0.951. The van der Waals surface area contributed by atoms with Crippen molar-refractivity contribution in [2.24, 2.45) is 11.5 Å². The van der Waals surface area contributed by atoms with Gasteiger partial charge in [0.05, 0.1) is 16.6 Å². The van der Waals surface area contributed by atoms with Gasteiger partial charge in [-0.1, -0.05) is 35.3 Å². The van der Waals surface area contributed by atoms with Crippen LogP contribution in [0.3, 0.4) is 0 Å². The maximum absolute atomic E-state index is 7.25. The van der Waals surface area contributed by atoms with Gasteiger partial charge in [-0.05, 0) is 54.6 Å². The highest BCUT2D eigenvalue weighted by Crippen LogP contribution is 2.38. The van der Waals surface area contributed by atoms with Crippen LogP contribution in [0.4, 0.5) is 0 Å². The Bertz CT molecular complexity index is 1110. The molecular formula is C22H21Cl2N5.